The molecule has 3 fully saturated rings. The highest BCUT2D eigenvalue weighted by molar-refractivity contribution is 7.00. The Bertz CT molecular complexity index is 1190. The molecule has 4 aromatic rings. The topological polar surface area (TPSA) is 81.4 Å². The number of aromatic nitrogens is 6. The number of fused-ring (bicyclic) bond motifs is 3. The van der Waals surface area contributed by atoms with Gasteiger partial charge in [0.05, 0.1) is 28.9 Å². The summed E-state index contributed by atoms with van der Waals surface area (Å²) in [4.78, 5) is 9.37. The van der Waals surface area contributed by atoms with E-state index in [0.717, 1.165) is 50.8 Å². The van der Waals surface area contributed by atoms with Gasteiger partial charge in [0.1, 0.15) is 11.0 Å². The van der Waals surface area contributed by atoms with Crippen LogP contribution in [0.1, 0.15) is 36.6 Å². The molecule has 136 valence electrons. The minimum Gasteiger partial charge on any atom is -0.324 e. The maximum atomic E-state index is 4.84. The summed E-state index contributed by atoms with van der Waals surface area (Å²) >= 11 is 1.23. The molecule has 0 saturated heterocycles. The molecule has 7 rings (SSSR count). The van der Waals surface area contributed by atoms with Crippen molar-refractivity contribution in [3.8, 4) is 0 Å². The molecule has 3 aliphatic carbocycles. The van der Waals surface area contributed by atoms with Crippen LogP contribution in [-0.4, -0.2) is 28.5 Å². The highest BCUT2D eigenvalue weighted by atomic mass is 32.1. The van der Waals surface area contributed by atoms with Crippen LogP contribution in [-0.2, 0) is 0 Å². The van der Waals surface area contributed by atoms with Crippen molar-refractivity contribution in [1.82, 2.24) is 28.5 Å². The summed E-state index contributed by atoms with van der Waals surface area (Å²) in [5, 5.41) is 9.23. The minimum atomic E-state index is 0.494. The van der Waals surface area contributed by atoms with E-state index in [1.807, 2.05) is 25.3 Å². The van der Waals surface area contributed by atoms with E-state index in [2.05, 4.69) is 30.7 Å². The maximum absolute atomic E-state index is 4.84. The Morgan fingerprint density at radius 2 is 1.93 bits per heavy atom. The number of nitrogens with zero attached hydrogens (tertiary/aromatic N) is 6. The van der Waals surface area contributed by atoms with Crippen LogP contribution < -0.4 is 5.32 Å². The van der Waals surface area contributed by atoms with Crippen LogP contribution in [0.2, 0.25) is 0 Å². The zero-order valence-electron chi connectivity index (χ0n) is 15.2. The van der Waals surface area contributed by atoms with E-state index in [9.17, 15) is 0 Å². The first-order valence-electron chi connectivity index (χ1n) is 9.37. The summed E-state index contributed by atoms with van der Waals surface area (Å²) in [5.74, 6) is 2.26. The van der Waals surface area contributed by atoms with Gasteiger partial charge in [-0.2, -0.15) is 18.8 Å². The summed E-state index contributed by atoms with van der Waals surface area (Å²) < 4.78 is 10.8. The Balaban J connectivity index is 1.41. The molecule has 1 atom stereocenters. The van der Waals surface area contributed by atoms with Crippen LogP contribution >= 0.6 is 11.7 Å². The summed E-state index contributed by atoms with van der Waals surface area (Å²) in [6, 6.07) is 4.55. The Morgan fingerprint density at radius 1 is 1.11 bits per heavy atom. The van der Waals surface area contributed by atoms with Crippen molar-refractivity contribution in [1.29, 1.82) is 0 Å². The lowest BCUT2D eigenvalue weighted by molar-refractivity contribution is 0.269. The number of anilines is 2. The zero-order chi connectivity index (χ0) is 18.1. The van der Waals surface area contributed by atoms with E-state index in [1.165, 1.54) is 31.0 Å². The van der Waals surface area contributed by atoms with Crippen LogP contribution in [0, 0.1) is 25.7 Å². The van der Waals surface area contributed by atoms with Crippen LogP contribution in [0.3, 0.4) is 0 Å². The first-order valence-corrected chi connectivity index (χ1v) is 10.1. The van der Waals surface area contributed by atoms with E-state index in [0.29, 0.717) is 12.0 Å². The van der Waals surface area contributed by atoms with Crippen molar-refractivity contribution in [2.45, 2.75) is 39.2 Å². The summed E-state index contributed by atoms with van der Waals surface area (Å²) in [6.45, 7) is 4.10. The molecule has 1 aromatic carbocycles. The van der Waals surface area contributed by atoms with Crippen molar-refractivity contribution in [3.63, 3.8) is 0 Å². The third kappa shape index (κ3) is 2.29. The van der Waals surface area contributed by atoms with E-state index in [-0.39, 0.29) is 0 Å². The number of benzene rings is 1. The fourth-order valence-electron chi connectivity index (χ4n) is 4.68. The molecule has 27 heavy (non-hydrogen) atoms. The van der Waals surface area contributed by atoms with Crippen LogP contribution in [0.25, 0.3) is 22.1 Å². The molecule has 3 saturated carbocycles. The van der Waals surface area contributed by atoms with Gasteiger partial charge in [-0.3, -0.25) is 0 Å². The average molecular weight is 377 g/mol. The van der Waals surface area contributed by atoms with Gasteiger partial charge in [-0.25, -0.2) is 9.67 Å². The van der Waals surface area contributed by atoms with Gasteiger partial charge in [-0.1, -0.05) is 0 Å². The molecule has 0 aliphatic heterocycles. The Hall–Kier alpha value is -2.61. The van der Waals surface area contributed by atoms with E-state index < -0.39 is 0 Å². The van der Waals surface area contributed by atoms with Gasteiger partial charge in [0.2, 0.25) is 5.95 Å². The van der Waals surface area contributed by atoms with Gasteiger partial charge in [-0.05, 0) is 62.6 Å². The molecular weight excluding hydrogens is 358 g/mol. The second-order valence-electron chi connectivity index (χ2n) is 7.91. The van der Waals surface area contributed by atoms with Gasteiger partial charge >= 0.3 is 0 Å². The van der Waals surface area contributed by atoms with E-state index >= 15 is 0 Å². The maximum Gasteiger partial charge on any atom is 0.229 e. The lowest BCUT2D eigenvalue weighted by Crippen LogP contribution is -2.18. The summed E-state index contributed by atoms with van der Waals surface area (Å²) in [5.41, 5.74) is 5.82. The minimum absolute atomic E-state index is 0.494. The molecule has 3 aliphatic rings. The molecule has 0 spiro atoms. The van der Waals surface area contributed by atoms with Gasteiger partial charge in [0.25, 0.3) is 0 Å². The van der Waals surface area contributed by atoms with Crippen molar-refractivity contribution in [3.05, 3.63) is 29.6 Å². The van der Waals surface area contributed by atoms with Crippen LogP contribution in [0.5, 0.6) is 0 Å². The molecule has 0 amide bonds. The largest absolute Gasteiger partial charge is 0.324 e. The first-order chi connectivity index (χ1) is 13.2. The number of rotatable bonds is 3. The third-order valence-electron chi connectivity index (χ3n) is 6.18. The molecule has 1 unspecified atom stereocenters. The van der Waals surface area contributed by atoms with Crippen LogP contribution in [0.4, 0.5) is 11.6 Å². The second-order valence-corrected chi connectivity index (χ2v) is 8.43. The molecule has 7 nitrogen and oxygen atoms in total. The molecule has 0 radical (unpaired) electrons. The predicted molar refractivity (Wildman–Crippen MR) is 105 cm³/mol. The van der Waals surface area contributed by atoms with Crippen molar-refractivity contribution in [2.24, 2.45) is 11.8 Å². The smallest absolute Gasteiger partial charge is 0.229 e. The number of hydrogen-bond donors (Lipinski definition) is 1. The predicted octanol–water partition coefficient (Wildman–Crippen LogP) is 4.16. The average Bonchev–Trinajstić information content (AvgIpc) is 3.37. The van der Waals surface area contributed by atoms with Gasteiger partial charge in [-0.15, -0.1) is 0 Å². The number of nitrogens with one attached hydrogen (secondary N) is 1. The SMILES string of the molecule is Cc1cc2nsnc2cc1Nc1ncc2c(C)nn(C3CC4CC3C4)c2n1. The monoisotopic (exact) mass is 377 g/mol. The fourth-order valence-corrected chi connectivity index (χ4v) is 5.18. The third-order valence-corrected chi connectivity index (χ3v) is 6.74. The molecule has 3 heterocycles. The number of aryl methyl sites for hydroxylation is 2. The van der Waals surface area contributed by atoms with Crippen molar-refractivity contribution >= 4 is 45.4 Å². The normalized spacial score (nSPS) is 23.9. The molecular formula is C19H19N7S. The highest BCUT2D eigenvalue weighted by Gasteiger charge is 2.46. The number of hydrogen-bond acceptors (Lipinski definition) is 7. The molecule has 1 N–H and O–H groups in total. The van der Waals surface area contributed by atoms with Gasteiger partial charge < -0.3 is 5.32 Å². The lowest BCUT2D eigenvalue weighted by Gasteiger charge is -2.24. The lowest BCUT2D eigenvalue weighted by atomic mass is 9.84. The standard InChI is InChI=1S/C19H19N7S/c1-9-3-15-16(25-27-24-15)7-14(9)21-19-20-8-13-10(2)23-26(18(13)22-19)17-6-11-4-12(17)5-11/h3,7-8,11-12,17H,4-6H2,1-2H3,(H,20,21,22). The Kier molecular flexibility index (Phi) is 3.12. The quantitative estimate of drug-likeness (QED) is 0.577. The van der Waals surface area contributed by atoms with E-state index in [4.69, 9.17) is 10.1 Å². The van der Waals surface area contributed by atoms with Crippen LogP contribution in [0.15, 0.2) is 18.3 Å². The highest BCUT2D eigenvalue weighted by Crippen LogP contribution is 2.55. The summed E-state index contributed by atoms with van der Waals surface area (Å²) in [6.07, 6.45) is 5.83. The summed E-state index contributed by atoms with van der Waals surface area (Å²) in [7, 11) is 0. The Labute approximate surface area is 160 Å². The fraction of sp³-hybridized carbons (Fsp3) is 0.421. The first kappa shape index (κ1) is 15.4. The Morgan fingerprint density at radius 3 is 2.70 bits per heavy atom. The van der Waals surface area contributed by atoms with E-state index in [1.54, 1.807) is 0 Å². The zero-order valence-corrected chi connectivity index (χ0v) is 16.0. The van der Waals surface area contributed by atoms with Crippen molar-refractivity contribution in [2.75, 3.05) is 5.32 Å². The molecule has 8 heteroatoms. The molecule has 2 bridgehead atoms. The molecule has 3 aromatic heterocycles. The van der Waals surface area contributed by atoms with Crippen molar-refractivity contribution < 1.29 is 0 Å². The van der Waals surface area contributed by atoms with Gasteiger partial charge in [0.15, 0.2) is 5.65 Å². The van der Waals surface area contributed by atoms with Gasteiger partial charge in [0, 0.05) is 11.9 Å². The second kappa shape index (κ2) is 5.45.